The topological polar surface area (TPSA) is 227 Å². The molecule has 4 rings (SSSR count). The molecule has 3 heterocycles. The lowest BCUT2D eigenvalue weighted by Gasteiger charge is -2.45. The Morgan fingerprint density at radius 1 is 1.17 bits per heavy atom. The summed E-state index contributed by atoms with van der Waals surface area (Å²) in [6, 6.07) is -2.43. The van der Waals surface area contributed by atoms with Crippen LogP contribution < -0.4 is 16.8 Å². The van der Waals surface area contributed by atoms with Crippen molar-refractivity contribution in [2.45, 2.75) is 101 Å². The number of amides is 3. The number of hydrogen-bond donors (Lipinski definition) is 6. The van der Waals surface area contributed by atoms with E-state index in [0.29, 0.717) is 18.0 Å². The molecule has 1 aromatic rings. The van der Waals surface area contributed by atoms with Crippen molar-refractivity contribution in [3.05, 3.63) is 11.9 Å². The van der Waals surface area contributed by atoms with Gasteiger partial charge < -0.3 is 26.8 Å². The zero-order chi connectivity index (χ0) is 30.2. The lowest BCUT2D eigenvalue weighted by Crippen LogP contribution is -2.64. The van der Waals surface area contributed by atoms with Gasteiger partial charge in [0.25, 0.3) is 5.91 Å². The van der Waals surface area contributed by atoms with E-state index in [2.05, 4.69) is 15.6 Å². The molecule has 3 fully saturated rings. The second kappa shape index (κ2) is 12.0. The number of carbonyl (C=O) groups is 4. The molecule has 0 bridgehead atoms. The number of nitrogens with one attached hydrogen (secondary N) is 1. The number of ketones is 1. The minimum absolute atomic E-state index is 0.0685. The van der Waals surface area contributed by atoms with Crippen LogP contribution in [0.15, 0.2) is 6.20 Å². The van der Waals surface area contributed by atoms with Crippen LogP contribution in [0.4, 0.5) is 0 Å². The molecule has 3 amide bonds. The maximum atomic E-state index is 13.9. The molecule has 0 aromatic carbocycles. The van der Waals surface area contributed by atoms with Gasteiger partial charge in [-0.3, -0.25) is 28.3 Å². The van der Waals surface area contributed by atoms with Crippen LogP contribution in [0.5, 0.6) is 0 Å². The largest absolute Gasteiger partial charge is 0.384 e. The lowest BCUT2D eigenvalue weighted by atomic mass is 9.84. The Morgan fingerprint density at radius 3 is 2.39 bits per heavy atom. The molecule has 230 valence electrons. The van der Waals surface area contributed by atoms with E-state index < -0.39 is 63.4 Å². The van der Waals surface area contributed by atoms with Gasteiger partial charge in [0.15, 0.2) is 0 Å². The zero-order valence-corrected chi connectivity index (χ0v) is 24.5. The standard InChI is InChI=1S/C26H43N7O7S/c1-25(2,38)20-14-29-31-33(20)17-13-19(32(15-17)24(37)18(27)12-16-6-4-3-5-7-16)23(36)30-26(21(34)22(28)35)8-10-41(39,40)11-9-26/h14,16-19,38-40H,3-13,15,27H2,1-2H3,(H2,28,35)(H,30,36)/t17-,18?,19-/m0/s1. The fraction of sp³-hybridized carbons (Fsp3) is 0.769. The van der Waals surface area contributed by atoms with Crippen LogP contribution in [-0.2, 0) is 24.8 Å². The van der Waals surface area contributed by atoms with Crippen LogP contribution >= 0.6 is 10.6 Å². The molecular weight excluding hydrogens is 554 g/mol. The number of rotatable bonds is 9. The Hall–Kier alpha value is -2.59. The molecule has 0 spiro atoms. The van der Waals surface area contributed by atoms with Crippen molar-refractivity contribution in [1.29, 1.82) is 0 Å². The maximum Gasteiger partial charge on any atom is 0.287 e. The molecule has 2 aliphatic heterocycles. The summed E-state index contributed by atoms with van der Waals surface area (Å²) in [5, 5.41) is 21.4. The minimum Gasteiger partial charge on any atom is -0.384 e. The van der Waals surface area contributed by atoms with Crippen LogP contribution in [0.25, 0.3) is 0 Å². The van der Waals surface area contributed by atoms with Crippen molar-refractivity contribution < 1.29 is 33.4 Å². The van der Waals surface area contributed by atoms with Crippen LogP contribution in [0.1, 0.15) is 83.4 Å². The van der Waals surface area contributed by atoms with Crippen LogP contribution in [0.2, 0.25) is 0 Å². The van der Waals surface area contributed by atoms with Crippen molar-refractivity contribution in [3.8, 4) is 0 Å². The van der Waals surface area contributed by atoms with Crippen molar-refractivity contribution in [2.75, 3.05) is 18.1 Å². The van der Waals surface area contributed by atoms with Crippen molar-refractivity contribution in [1.82, 2.24) is 25.2 Å². The predicted molar refractivity (Wildman–Crippen MR) is 150 cm³/mol. The van der Waals surface area contributed by atoms with Gasteiger partial charge in [0.05, 0.1) is 24.0 Å². The van der Waals surface area contributed by atoms with E-state index in [1.54, 1.807) is 13.8 Å². The molecule has 0 radical (unpaired) electrons. The smallest absolute Gasteiger partial charge is 0.287 e. The third-order valence-electron chi connectivity index (χ3n) is 8.77. The Balaban J connectivity index is 1.61. The predicted octanol–water partition coefficient (Wildman–Crippen LogP) is 0.399. The summed E-state index contributed by atoms with van der Waals surface area (Å²) in [7, 11) is -2.95. The molecule has 1 aromatic heterocycles. The second-order valence-electron chi connectivity index (χ2n) is 12.3. The average molecular weight is 598 g/mol. The molecule has 1 saturated carbocycles. The molecule has 3 aliphatic rings. The summed E-state index contributed by atoms with van der Waals surface area (Å²) in [4.78, 5) is 53.9. The van der Waals surface area contributed by atoms with E-state index in [-0.39, 0.29) is 37.3 Å². The van der Waals surface area contributed by atoms with Gasteiger partial charge in [0.2, 0.25) is 17.6 Å². The summed E-state index contributed by atoms with van der Waals surface area (Å²) >= 11 is 0. The highest BCUT2D eigenvalue weighted by Crippen LogP contribution is 2.47. The van der Waals surface area contributed by atoms with Crippen LogP contribution in [-0.4, -0.2) is 93.3 Å². The molecular formula is C26H43N7O7S. The zero-order valence-electron chi connectivity index (χ0n) is 23.7. The lowest BCUT2D eigenvalue weighted by molar-refractivity contribution is -0.145. The van der Waals surface area contributed by atoms with Gasteiger partial charge in [0, 0.05) is 24.5 Å². The number of aromatic nitrogens is 3. The first-order chi connectivity index (χ1) is 19.1. The van der Waals surface area contributed by atoms with Crippen LogP contribution in [0.3, 0.4) is 0 Å². The quantitative estimate of drug-likeness (QED) is 0.215. The number of hydrogen-bond acceptors (Lipinski definition) is 10. The molecule has 41 heavy (non-hydrogen) atoms. The van der Waals surface area contributed by atoms with Gasteiger partial charge in [-0.2, -0.15) is 10.6 Å². The van der Waals surface area contributed by atoms with E-state index in [4.69, 9.17) is 11.5 Å². The first-order valence-corrected chi connectivity index (χ1v) is 16.1. The van der Waals surface area contributed by atoms with Gasteiger partial charge in [-0.25, -0.2) is 4.68 Å². The summed E-state index contributed by atoms with van der Waals surface area (Å²) in [5.41, 5.74) is 9.13. The van der Waals surface area contributed by atoms with Gasteiger partial charge >= 0.3 is 0 Å². The van der Waals surface area contributed by atoms with Crippen molar-refractivity contribution >= 4 is 34.1 Å². The first kappa shape index (κ1) is 31.3. The van der Waals surface area contributed by atoms with Crippen molar-refractivity contribution in [3.63, 3.8) is 0 Å². The van der Waals surface area contributed by atoms with Crippen molar-refractivity contribution in [2.24, 2.45) is 17.4 Å². The molecule has 1 unspecified atom stereocenters. The maximum absolute atomic E-state index is 13.9. The normalized spacial score (nSPS) is 26.2. The van der Waals surface area contributed by atoms with E-state index in [1.165, 1.54) is 15.8 Å². The number of nitrogens with two attached hydrogens (primary N) is 2. The average Bonchev–Trinajstić information content (AvgIpc) is 3.57. The summed E-state index contributed by atoms with van der Waals surface area (Å²) < 4.78 is 21.7. The SMILES string of the molecule is CC(C)(O)c1cnnn1[C@H]1C[C@@H](C(=O)NC2(C(=O)C(N)=O)CCS(O)(O)CC2)N(C(=O)C(N)CC2CCCCC2)C1. The minimum atomic E-state index is -2.95. The number of carbonyl (C=O) groups excluding carboxylic acids is 4. The van der Waals surface area contributed by atoms with Gasteiger partial charge in [-0.1, -0.05) is 37.3 Å². The van der Waals surface area contributed by atoms with E-state index in [9.17, 15) is 33.4 Å². The second-order valence-corrected chi connectivity index (χ2v) is 14.8. The summed E-state index contributed by atoms with van der Waals surface area (Å²) in [6.07, 6.45) is 7.00. The molecule has 2 saturated heterocycles. The number of likely N-dealkylation sites (tertiary alicyclic amines) is 1. The Kier molecular flexibility index (Phi) is 9.14. The number of aliphatic hydroxyl groups is 1. The molecule has 8 N–H and O–H groups in total. The summed E-state index contributed by atoms with van der Waals surface area (Å²) in [6.45, 7) is 3.23. The molecule has 15 heteroatoms. The molecule has 1 aliphatic carbocycles. The molecule has 14 nitrogen and oxygen atoms in total. The Morgan fingerprint density at radius 2 is 1.80 bits per heavy atom. The van der Waals surface area contributed by atoms with Crippen LogP contribution in [0, 0.1) is 5.92 Å². The fourth-order valence-corrected chi connectivity index (χ4v) is 7.95. The van der Waals surface area contributed by atoms with E-state index in [1.807, 2.05) is 0 Å². The third kappa shape index (κ3) is 6.91. The Bertz CT molecular complexity index is 1150. The van der Waals surface area contributed by atoms with E-state index >= 15 is 0 Å². The third-order valence-corrected chi connectivity index (χ3v) is 10.5. The highest BCUT2D eigenvalue weighted by atomic mass is 32.3. The van der Waals surface area contributed by atoms with E-state index in [0.717, 1.165) is 32.1 Å². The van der Waals surface area contributed by atoms with Gasteiger partial charge in [-0.05, 0) is 39.0 Å². The number of primary amides is 1. The number of nitrogens with zero attached hydrogens (tertiary/aromatic N) is 4. The highest BCUT2D eigenvalue weighted by Gasteiger charge is 2.50. The van der Waals surface area contributed by atoms with Gasteiger partial charge in [-0.15, -0.1) is 5.10 Å². The monoisotopic (exact) mass is 597 g/mol. The van der Waals surface area contributed by atoms with Gasteiger partial charge in [0.1, 0.15) is 17.2 Å². The Labute approximate surface area is 240 Å². The first-order valence-electron chi connectivity index (χ1n) is 14.2. The summed E-state index contributed by atoms with van der Waals surface area (Å²) in [5.74, 6) is -3.38. The molecule has 3 atom stereocenters. The number of Topliss-reactive ketones (excluding diaryl/α,β-unsaturated/α-hetero) is 1. The highest BCUT2D eigenvalue weighted by molar-refractivity contribution is 8.24. The fourth-order valence-electron chi connectivity index (χ4n) is 6.40.